The van der Waals surface area contributed by atoms with Crippen LogP contribution in [0.2, 0.25) is 0 Å². The second kappa shape index (κ2) is 9.37. The van der Waals surface area contributed by atoms with E-state index in [0.29, 0.717) is 13.2 Å². The number of benzene rings is 1. The molecule has 1 amide bonds. The van der Waals surface area contributed by atoms with Crippen molar-refractivity contribution >= 4 is 5.91 Å². The Kier molecular flexibility index (Phi) is 7.73. The van der Waals surface area contributed by atoms with Gasteiger partial charge in [-0.25, -0.2) is 0 Å². The van der Waals surface area contributed by atoms with Gasteiger partial charge in [-0.15, -0.1) is 0 Å². The molecule has 0 aromatic heterocycles. The van der Waals surface area contributed by atoms with E-state index in [1.165, 1.54) is 0 Å². The van der Waals surface area contributed by atoms with Crippen LogP contribution < -0.4 is 10.5 Å². The lowest BCUT2D eigenvalue weighted by Gasteiger charge is -2.21. The molecule has 0 bridgehead atoms. The first-order valence-corrected chi connectivity index (χ1v) is 7.33. The van der Waals surface area contributed by atoms with Crippen LogP contribution >= 0.6 is 0 Å². The van der Waals surface area contributed by atoms with Crippen LogP contribution in [0.3, 0.4) is 0 Å². The number of likely N-dealkylation sites (N-methyl/N-ethyl adjacent to an activating group) is 1. The maximum atomic E-state index is 12.0. The normalized spacial score (nSPS) is 11.9. The Morgan fingerprint density at radius 2 is 2.00 bits per heavy atom. The van der Waals surface area contributed by atoms with Crippen molar-refractivity contribution in [3.63, 3.8) is 0 Å². The van der Waals surface area contributed by atoms with Crippen LogP contribution in [0.1, 0.15) is 32.6 Å². The molecule has 0 spiro atoms. The van der Waals surface area contributed by atoms with Gasteiger partial charge in [-0.05, 0) is 25.0 Å². The Morgan fingerprint density at radius 1 is 1.30 bits per heavy atom. The smallest absolute Gasteiger partial charge is 0.239 e. The summed E-state index contributed by atoms with van der Waals surface area (Å²) in [5, 5.41) is 0. The van der Waals surface area contributed by atoms with Gasteiger partial charge in [0, 0.05) is 13.6 Å². The Bertz CT molecular complexity index is 381. The van der Waals surface area contributed by atoms with E-state index in [4.69, 9.17) is 10.5 Å². The van der Waals surface area contributed by atoms with E-state index in [0.717, 1.165) is 31.4 Å². The minimum absolute atomic E-state index is 0.0261. The lowest BCUT2D eigenvalue weighted by molar-refractivity contribution is -0.131. The quantitative estimate of drug-likeness (QED) is 0.706. The molecule has 0 aliphatic heterocycles. The molecule has 0 radical (unpaired) electrons. The Labute approximate surface area is 121 Å². The number of unbranched alkanes of at least 4 members (excludes halogenated alkanes) is 1. The molecule has 0 heterocycles. The van der Waals surface area contributed by atoms with E-state index in [-0.39, 0.29) is 11.9 Å². The zero-order chi connectivity index (χ0) is 14.8. The minimum Gasteiger partial charge on any atom is -0.494 e. The van der Waals surface area contributed by atoms with Crippen LogP contribution in [0.4, 0.5) is 0 Å². The maximum absolute atomic E-state index is 12.0. The zero-order valence-electron chi connectivity index (χ0n) is 12.5. The second-order valence-electron chi connectivity index (χ2n) is 5.02. The molecule has 0 saturated carbocycles. The molecule has 4 heteroatoms. The predicted octanol–water partition coefficient (Wildman–Crippen LogP) is 2.43. The summed E-state index contributed by atoms with van der Waals surface area (Å²) < 4.78 is 5.59. The maximum Gasteiger partial charge on any atom is 0.239 e. The Hall–Kier alpha value is -1.55. The van der Waals surface area contributed by atoms with Crippen molar-refractivity contribution in [1.82, 2.24) is 4.90 Å². The summed E-state index contributed by atoms with van der Waals surface area (Å²) in [6.45, 7) is 3.37. The number of carbonyl (C=O) groups excluding carboxylic acids is 1. The Morgan fingerprint density at radius 3 is 2.65 bits per heavy atom. The van der Waals surface area contributed by atoms with E-state index in [1.54, 1.807) is 11.9 Å². The predicted molar refractivity (Wildman–Crippen MR) is 81.7 cm³/mol. The van der Waals surface area contributed by atoms with Crippen molar-refractivity contribution < 1.29 is 9.53 Å². The van der Waals surface area contributed by atoms with Gasteiger partial charge < -0.3 is 15.4 Å². The monoisotopic (exact) mass is 278 g/mol. The molecule has 0 saturated heterocycles. The lowest BCUT2D eigenvalue weighted by atomic mass is 10.1. The number of carbonyl (C=O) groups is 1. The second-order valence-corrected chi connectivity index (χ2v) is 5.02. The van der Waals surface area contributed by atoms with Gasteiger partial charge >= 0.3 is 0 Å². The number of rotatable bonds is 9. The number of nitrogens with two attached hydrogens (primary N) is 1. The molecule has 1 rings (SSSR count). The highest BCUT2D eigenvalue weighted by Gasteiger charge is 2.16. The van der Waals surface area contributed by atoms with Crippen LogP contribution in [0.5, 0.6) is 5.75 Å². The summed E-state index contributed by atoms with van der Waals surface area (Å²) in [6, 6.07) is 9.33. The third-order valence-corrected chi connectivity index (χ3v) is 3.21. The number of hydrogen-bond acceptors (Lipinski definition) is 3. The molecular formula is C16H26N2O2. The third kappa shape index (κ3) is 6.06. The standard InChI is InChI=1S/C16H26N2O2/c1-3-4-11-15(17)16(19)18(2)12-8-13-20-14-9-6-5-7-10-14/h5-7,9-10,15H,3-4,8,11-13,17H2,1-2H3. The van der Waals surface area contributed by atoms with Crippen molar-refractivity contribution in [3.8, 4) is 5.75 Å². The van der Waals surface area contributed by atoms with E-state index >= 15 is 0 Å². The van der Waals surface area contributed by atoms with Gasteiger partial charge in [0.2, 0.25) is 5.91 Å². The fraction of sp³-hybridized carbons (Fsp3) is 0.562. The SMILES string of the molecule is CCCCC(N)C(=O)N(C)CCCOc1ccccc1. The third-order valence-electron chi connectivity index (χ3n) is 3.21. The summed E-state index contributed by atoms with van der Waals surface area (Å²) >= 11 is 0. The van der Waals surface area contributed by atoms with Crippen molar-refractivity contribution in [1.29, 1.82) is 0 Å². The molecular weight excluding hydrogens is 252 g/mol. The molecule has 2 N–H and O–H groups in total. The molecule has 112 valence electrons. The minimum atomic E-state index is -0.366. The van der Waals surface area contributed by atoms with Crippen molar-refractivity contribution in [3.05, 3.63) is 30.3 Å². The fourth-order valence-electron chi connectivity index (χ4n) is 1.95. The average Bonchev–Trinajstić information content (AvgIpc) is 2.49. The van der Waals surface area contributed by atoms with Crippen LogP contribution in [-0.2, 0) is 4.79 Å². The summed E-state index contributed by atoms with van der Waals surface area (Å²) in [6.07, 6.45) is 3.63. The van der Waals surface area contributed by atoms with Crippen molar-refractivity contribution in [2.24, 2.45) is 5.73 Å². The van der Waals surface area contributed by atoms with Crippen LogP contribution in [0, 0.1) is 0 Å². The largest absolute Gasteiger partial charge is 0.494 e. The fourth-order valence-corrected chi connectivity index (χ4v) is 1.95. The van der Waals surface area contributed by atoms with Gasteiger partial charge in [0.15, 0.2) is 0 Å². The van der Waals surface area contributed by atoms with Crippen molar-refractivity contribution in [2.45, 2.75) is 38.6 Å². The van der Waals surface area contributed by atoms with Gasteiger partial charge in [0.25, 0.3) is 0 Å². The number of ether oxygens (including phenoxy) is 1. The van der Waals surface area contributed by atoms with Gasteiger partial charge in [0.05, 0.1) is 12.6 Å². The van der Waals surface area contributed by atoms with E-state index in [9.17, 15) is 4.79 Å². The average molecular weight is 278 g/mol. The molecule has 0 aliphatic carbocycles. The number of para-hydroxylation sites is 1. The molecule has 20 heavy (non-hydrogen) atoms. The van der Waals surface area contributed by atoms with E-state index in [2.05, 4.69) is 6.92 Å². The van der Waals surface area contributed by atoms with Crippen LogP contribution in [-0.4, -0.2) is 37.0 Å². The number of amides is 1. The van der Waals surface area contributed by atoms with Crippen molar-refractivity contribution in [2.75, 3.05) is 20.2 Å². The van der Waals surface area contributed by atoms with Crippen LogP contribution in [0.15, 0.2) is 30.3 Å². The number of hydrogen-bond donors (Lipinski definition) is 1. The molecule has 1 aromatic carbocycles. The summed E-state index contributed by atoms with van der Waals surface area (Å²) in [5.41, 5.74) is 5.88. The molecule has 4 nitrogen and oxygen atoms in total. The highest BCUT2D eigenvalue weighted by Crippen LogP contribution is 2.08. The first-order valence-electron chi connectivity index (χ1n) is 7.33. The summed E-state index contributed by atoms with van der Waals surface area (Å²) in [7, 11) is 1.80. The Balaban J connectivity index is 2.19. The van der Waals surface area contributed by atoms with E-state index < -0.39 is 0 Å². The van der Waals surface area contributed by atoms with Gasteiger partial charge in [-0.1, -0.05) is 38.0 Å². The topological polar surface area (TPSA) is 55.6 Å². The number of nitrogens with zero attached hydrogens (tertiary/aromatic N) is 1. The van der Waals surface area contributed by atoms with Crippen LogP contribution in [0.25, 0.3) is 0 Å². The summed E-state index contributed by atoms with van der Waals surface area (Å²) in [4.78, 5) is 13.7. The zero-order valence-corrected chi connectivity index (χ0v) is 12.5. The molecule has 1 unspecified atom stereocenters. The highest BCUT2D eigenvalue weighted by molar-refractivity contribution is 5.81. The van der Waals surface area contributed by atoms with E-state index in [1.807, 2.05) is 30.3 Å². The lowest BCUT2D eigenvalue weighted by Crippen LogP contribution is -2.42. The van der Waals surface area contributed by atoms with Gasteiger partial charge in [-0.2, -0.15) is 0 Å². The van der Waals surface area contributed by atoms with Gasteiger partial charge in [0.1, 0.15) is 5.75 Å². The molecule has 1 atom stereocenters. The molecule has 0 fully saturated rings. The molecule has 1 aromatic rings. The first kappa shape index (κ1) is 16.5. The first-order chi connectivity index (χ1) is 9.65. The van der Waals surface area contributed by atoms with Gasteiger partial charge in [-0.3, -0.25) is 4.79 Å². The molecule has 0 aliphatic rings. The summed E-state index contributed by atoms with van der Waals surface area (Å²) in [5.74, 6) is 0.888. The highest BCUT2D eigenvalue weighted by atomic mass is 16.5.